The van der Waals surface area contributed by atoms with E-state index in [-0.39, 0.29) is 0 Å². The molecule has 0 saturated heterocycles. The Labute approximate surface area is 144 Å². The van der Waals surface area contributed by atoms with Crippen molar-refractivity contribution in [3.05, 3.63) is 51.9 Å². The molecule has 5 heteroatoms. The van der Waals surface area contributed by atoms with Crippen LogP contribution in [-0.2, 0) is 6.42 Å². The van der Waals surface area contributed by atoms with E-state index >= 15 is 0 Å². The highest BCUT2D eigenvalue weighted by atomic mass is 35.5. The van der Waals surface area contributed by atoms with Gasteiger partial charge in [0.25, 0.3) is 0 Å². The lowest BCUT2D eigenvalue weighted by atomic mass is 10.1. The SMILES string of the molecule is Cc1c(Cl)cccc1-n1nc(-c2cccs2)c2c1NCCCC2. The van der Waals surface area contributed by atoms with Gasteiger partial charge in [-0.3, -0.25) is 0 Å². The molecule has 0 spiro atoms. The van der Waals surface area contributed by atoms with Gasteiger partial charge in [-0.25, -0.2) is 4.68 Å². The van der Waals surface area contributed by atoms with Crippen molar-refractivity contribution in [2.45, 2.75) is 26.2 Å². The average Bonchev–Trinajstić information content (AvgIpc) is 3.12. The molecule has 118 valence electrons. The van der Waals surface area contributed by atoms with Crippen LogP contribution in [0, 0.1) is 6.92 Å². The third-order valence-corrected chi connectivity index (χ3v) is 5.64. The van der Waals surface area contributed by atoms with Crippen LogP contribution in [0.1, 0.15) is 24.0 Å². The van der Waals surface area contributed by atoms with Crippen molar-refractivity contribution in [3.63, 3.8) is 0 Å². The van der Waals surface area contributed by atoms with E-state index in [0.717, 1.165) is 40.8 Å². The first-order valence-electron chi connectivity index (χ1n) is 7.91. The molecule has 23 heavy (non-hydrogen) atoms. The molecule has 0 saturated carbocycles. The number of hydrogen-bond donors (Lipinski definition) is 1. The number of nitrogens with one attached hydrogen (secondary N) is 1. The van der Waals surface area contributed by atoms with Crippen LogP contribution in [0.5, 0.6) is 0 Å². The molecule has 0 aliphatic carbocycles. The number of benzene rings is 1. The maximum Gasteiger partial charge on any atom is 0.133 e. The summed E-state index contributed by atoms with van der Waals surface area (Å²) in [4.78, 5) is 1.23. The molecule has 0 atom stereocenters. The van der Waals surface area contributed by atoms with Crippen molar-refractivity contribution in [2.24, 2.45) is 0 Å². The van der Waals surface area contributed by atoms with Crippen LogP contribution < -0.4 is 5.32 Å². The minimum atomic E-state index is 0.776. The first kappa shape index (κ1) is 14.8. The lowest BCUT2D eigenvalue weighted by molar-refractivity contribution is 0.780. The first-order chi connectivity index (χ1) is 11.3. The van der Waals surface area contributed by atoms with Crippen LogP contribution in [0.25, 0.3) is 16.3 Å². The van der Waals surface area contributed by atoms with Gasteiger partial charge >= 0.3 is 0 Å². The number of thiophene rings is 1. The Balaban J connectivity index is 1.95. The Morgan fingerprint density at radius 2 is 2.13 bits per heavy atom. The lowest BCUT2D eigenvalue weighted by Gasteiger charge is -2.12. The van der Waals surface area contributed by atoms with Gasteiger partial charge in [0, 0.05) is 17.1 Å². The molecule has 4 rings (SSSR count). The fraction of sp³-hybridized carbons (Fsp3) is 0.278. The molecule has 0 fully saturated rings. The number of rotatable bonds is 2. The zero-order valence-corrected chi connectivity index (χ0v) is 14.5. The molecule has 0 bridgehead atoms. The van der Waals surface area contributed by atoms with Crippen molar-refractivity contribution in [1.29, 1.82) is 0 Å². The monoisotopic (exact) mass is 343 g/mol. The summed E-state index contributed by atoms with van der Waals surface area (Å²) >= 11 is 8.07. The predicted octanol–water partition coefficient (Wildman–Crippen LogP) is 5.31. The van der Waals surface area contributed by atoms with Crippen LogP contribution in [0.15, 0.2) is 35.7 Å². The normalized spacial score (nSPS) is 14.2. The van der Waals surface area contributed by atoms with E-state index in [2.05, 4.69) is 28.9 Å². The topological polar surface area (TPSA) is 29.9 Å². The highest BCUT2D eigenvalue weighted by molar-refractivity contribution is 7.13. The lowest BCUT2D eigenvalue weighted by Crippen LogP contribution is -2.08. The molecule has 1 N–H and O–H groups in total. The van der Waals surface area contributed by atoms with Crippen LogP contribution in [-0.4, -0.2) is 16.3 Å². The van der Waals surface area contributed by atoms with E-state index in [1.165, 1.54) is 23.3 Å². The van der Waals surface area contributed by atoms with Crippen LogP contribution in [0.3, 0.4) is 0 Å². The summed E-state index contributed by atoms with van der Waals surface area (Å²) in [5.41, 5.74) is 4.53. The summed E-state index contributed by atoms with van der Waals surface area (Å²) in [7, 11) is 0. The second-order valence-electron chi connectivity index (χ2n) is 5.83. The van der Waals surface area contributed by atoms with Gasteiger partial charge in [-0.2, -0.15) is 5.10 Å². The maximum absolute atomic E-state index is 6.33. The average molecular weight is 344 g/mol. The predicted molar refractivity (Wildman–Crippen MR) is 98.1 cm³/mol. The number of nitrogens with zero attached hydrogens (tertiary/aromatic N) is 2. The summed E-state index contributed by atoms with van der Waals surface area (Å²) < 4.78 is 2.04. The third-order valence-electron chi connectivity index (χ3n) is 4.35. The van der Waals surface area contributed by atoms with E-state index in [9.17, 15) is 0 Å². The molecule has 0 radical (unpaired) electrons. The summed E-state index contributed by atoms with van der Waals surface area (Å²) in [6.45, 7) is 3.04. The van der Waals surface area contributed by atoms with Crippen LogP contribution >= 0.6 is 22.9 Å². The minimum Gasteiger partial charge on any atom is -0.370 e. The van der Waals surface area contributed by atoms with Gasteiger partial charge in [0.2, 0.25) is 0 Å². The van der Waals surface area contributed by atoms with Gasteiger partial charge in [-0.05, 0) is 55.3 Å². The number of halogens is 1. The number of anilines is 1. The maximum atomic E-state index is 6.33. The number of aromatic nitrogens is 2. The van der Waals surface area contributed by atoms with Gasteiger partial charge in [-0.1, -0.05) is 23.7 Å². The molecule has 1 aromatic carbocycles. The molecular formula is C18H18ClN3S. The van der Waals surface area contributed by atoms with Gasteiger partial charge in [0.1, 0.15) is 11.5 Å². The standard InChI is InChI=1S/C18H18ClN3S/c1-12-14(19)7-4-8-15(12)22-18-13(6-2-3-10-20-18)17(21-22)16-9-5-11-23-16/h4-5,7-9,11,20H,2-3,6,10H2,1H3. The Kier molecular flexibility index (Phi) is 3.87. The highest BCUT2D eigenvalue weighted by Crippen LogP contribution is 2.36. The second-order valence-corrected chi connectivity index (χ2v) is 7.19. The van der Waals surface area contributed by atoms with E-state index < -0.39 is 0 Å². The van der Waals surface area contributed by atoms with Gasteiger partial charge in [0.05, 0.1) is 10.6 Å². The Morgan fingerprint density at radius 3 is 2.96 bits per heavy atom. The molecule has 2 aromatic heterocycles. The Bertz CT molecular complexity index is 836. The first-order valence-corrected chi connectivity index (χ1v) is 9.16. The largest absolute Gasteiger partial charge is 0.370 e. The summed E-state index contributed by atoms with van der Waals surface area (Å²) in [5, 5.41) is 11.4. The Morgan fingerprint density at radius 1 is 1.22 bits per heavy atom. The second kappa shape index (κ2) is 6.02. The molecule has 0 unspecified atom stereocenters. The molecule has 3 nitrogen and oxygen atoms in total. The summed E-state index contributed by atoms with van der Waals surface area (Å²) in [5.74, 6) is 1.12. The van der Waals surface area contributed by atoms with Crippen molar-refractivity contribution in [2.75, 3.05) is 11.9 Å². The third kappa shape index (κ3) is 2.56. The fourth-order valence-electron chi connectivity index (χ4n) is 3.11. The molecule has 1 aliphatic heterocycles. The smallest absolute Gasteiger partial charge is 0.133 e. The minimum absolute atomic E-state index is 0.776. The summed E-state index contributed by atoms with van der Waals surface area (Å²) in [6.07, 6.45) is 3.45. The molecule has 3 heterocycles. The Hall–Kier alpha value is -1.78. The molecular weight excluding hydrogens is 326 g/mol. The summed E-state index contributed by atoms with van der Waals surface area (Å²) in [6, 6.07) is 10.2. The van der Waals surface area contributed by atoms with E-state index in [1.54, 1.807) is 11.3 Å². The van der Waals surface area contributed by atoms with Crippen molar-refractivity contribution in [3.8, 4) is 16.3 Å². The van der Waals surface area contributed by atoms with Gasteiger partial charge in [-0.15, -0.1) is 11.3 Å². The fourth-order valence-corrected chi connectivity index (χ4v) is 4.02. The van der Waals surface area contributed by atoms with Crippen molar-refractivity contribution >= 4 is 28.8 Å². The molecule has 3 aromatic rings. The van der Waals surface area contributed by atoms with Crippen molar-refractivity contribution in [1.82, 2.24) is 9.78 Å². The van der Waals surface area contributed by atoms with E-state index in [1.807, 2.05) is 23.7 Å². The van der Waals surface area contributed by atoms with Crippen molar-refractivity contribution < 1.29 is 0 Å². The quantitative estimate of drug-likeness (QED) is 0.683. The number of hydrogen-bond acceptors (Lipinski definition) is 3. The van der Waals surface area contributed by atoms with Gasteiger partial charge in [0.15, 0.2) is 0 Å². The van der Waals surface area contributed by atoms with Crippen LogP contribution in [0.4, 0.5) is 5.82 Å². The molecule has 1 aliphatic rings. The van der Waals surface area contributed by atoms with E-state index in [0.29, 0.717) is 0 Å². The zero-order valence-electron chi connectivity index (χ0n) is 13.0. The molecule has 0 amide bonds. The van der Waals surface area contributed by atoms with E-state index in [4.69, 9.17) is 16.7 Å². The van der Waals surface area contributed by atoms with Gasteiger partial charge < -0.3 is 5.32 Å². The highest BCUT2D eigenvalue weighted by Gasteiger charge is 2.23. The van der Waals surface area contributed by atoms with Crippen LogP contribution in [0.2, 0.25) is 5.02 Å². The zero-order chi connectivity index (χ0) is 15.8. The number of fused-ring (bicyclic) bond motifs is 1.